The first kappa shape index (κ1) is 30.2. The topological polar surface area (TPSA) is 42.2 Å². The third kappa shape index (κ3) is 10.8. The summed E-state index contributed by atoms with van der Waals surface area (Å²) in [6, 6.07) is 13.2. The van der Waals surface area contributed by atoms with E-state index < -0.39 is 0 Å². The quantitative estimate of drug-likeness (QED) is 0.125. The Morgan fingerprint density at radius 2 is 1.61 bits per heavy atom. The van der Waals surface area contributed by atoms with Crippen LogP contribution in [0.5, 0.6) is 5.75 Å². The number of aryl methyl sites for hydroxylation is 1. The van der Waals surface area contributed by atoms with Gasteiger partial charge >= 0.3 is 0 Å². The van der Waals surface area contributed by atoms with E-state index >= 15 is 0 Å². The van der Waals surface area contributed by atoms with Crippen molar-refractivity contribution < 1.29 is 14.1 Å². The number of nitrogens with one attached hydrogen (secondary N) is 1. The van der Waals surface area contributed by atoms with Crippen LogP contribution in [0.2, 0.25) is 5.02 Å². The normalized spacial score (nSPS) is 11.0. The molecule has 206 valence electrons. The van der Waals surface area contributed by atoms with Crippen molar-refractivity contribution in [3.63, 3.8) is 0 Å². The molecule has 0 aliphatic heterocycles. The monoisotopic (exact) mass is 555 g/mol. The summed E-state index contributed by atoms with van der Waals surface area (Å²) in [7, 11) is 0. The third-order valence-corrected chi connectivity index (χ3v) is 8.00. The fourth-order valence-electron chi connectivity index (χ4n) is 4.57. The highest BCUT2D eigenvalue weighted by atomic mass is 35.5. The number of anilines is 1. The van der Waals surface area contributed by atoms with Crippen LogP contribution in [0, 0.1) is 6.92 Å². The Bertz CT molecular complexity index is 1110. The van der Waals surface area contributed by atoms with Gasteiger partial charge in [-0.3, -0.25) is 4.79 Å². The second kappa shape index (κ2) is 17.3. The molecule has 38 heavy (non-hydrogen) atoms. The SMILES string of the molecule is CCCCCCCCCCCCCCOc1ccc(C(=O)Nc2cccc(C[n+]3ccsc3C)c2)cc1Cl. The van der Waals surface area contributed by atoms with Gasteiger partial charge in [0.2, 0.25) is 5.01 Å². The number of carbonyl (C=O) groups is 1. The Morgan fingerprint density at radius 3 is 2.24 bits per heavy atom. The summed E-state index contributed by atoms with van der Waals surface area (Å²) in [5, 5.41) is 6.78. The predicted octanol–water partition coefficient (Wildman–Crippen LogP) is 9.38. The molecule has 6 heteroatoms. The van der Waals surface area contributed by atoms with E-state index in [0.29, 0.717) is 22.9 Å². The van der Waals surface area contributed by atoms with Crippen molar-refractivity contribution in [3.8, 4) is 5.75 Å². The number of halogens is 1. The average molecular weight is 556 g/mol. The number of rotatable bonds is 18. The van der Waals surface area contributed by atoms with Crippen LogP contribution in [0.1, 0.15) is 105 Å². The molecule has 0 spiro atoms. The van der Waals surface area contributed by atoms with Crippen molar-refractivity contribution >= 4 is 34.5 Å². The second-order valence-electron chi connectivity index (χ2n) is 10.1. The Morgan fingerprint density at radius 1 is 0.921 bits per heavy atom. The summed E-state index contributed by atoms with van der Waals surface area (Å²) < 4.78 is 8.09. The van der Waals surface area contributed by atoms with Gasteiger partial charge in [-0.05, 0) is 36.8 Å². The molecule has 4 nitrogen and oxygen atoms in total. The lowest BCUT2D eigenvalue weighted by molar-refractivity contribution is -0.689. The summed E-state index contributed by atoms with van der Waals surface area (Å²) in [5.74, 6) is 0.451. The van der Waals surface area contributed by atoms with Crippen molar-refractivity contribution in [3.05, 3.63) is 75.2 Å². The zero-order valence-corrected chi connectivity index (χ0v) is 24.7. The summed E-state index contributed by atoms with van der Waals surface area (Å²) in [5.41, 5.74) is 2.42. The fourth-order valence-corrected chi connectivity index (χ4v) is 5.47. The lowest BCUT2D eigenvalue weighted by Gasteiger charge is -2.10. The molecule has 3 aromatic rings. The first-order valence-electron chi connectivity index (χ1n) is 14.3. The number of amides is 1. The summed E-state index contributed by atoms with van der Waals surface area (Å²) >= 11 is 8.16. The number of carbonyl (C=O) groups excluding carboxylic acids is 1. The van der Waals surface area contributed by atoms with Crippen molar-refractivity contribution in [2.75, 3.05) is 11.9 Å². The third-order valence-electron chi connectivity index (χ3n) is 6.87. The van der Waals surface area contributed by atoms with Crippen LogP contribution in [0.15, 0.2) is 54.0 Å². The fraction of sp³-hybridized carbons (Fsp3) is 0.500. The molecule has 0 fully saturated rings. The van der Waals surface area contributed by atoms with Crippen LogP contribution in [0.3, 0.4) is 0 Å². The molecule has 1 N–H and O–H groups in total. The van der Waals surface area contributed by atoms with Crippen molar-refractivity contribution in [2.24, 2.45) is 0 Å². The molecule has 0 radical (unpaired) electrons. The van der Waals surface area contributed by atoms with E-state index in [1.54, 1.807) is 29.5 Å². The summed E-state index contributed by atoms with van der Waals surface area (Å²) in [6.45, 7) is 5.80. The molecule has 0 aliphatic carbocycles. The smallest absolute Gasteiger partial charge is 0.255 e. The van der Waals surface area contributed by atoms with Crippen LogP contribution >= 0.6 is 22.9 Å². The molecule has 3 rings (SSSR count). The largest absolute Gasteiger partial charge is 0.492 e. The van der Waals surface area contributed by atoms with E-state index in [-0.39, 0.29) is 5.91 Å². The van der Waals surface area contributed by atoms with E-state index in [0.717, 1.165) is 24.2 Å². The molecule has 0 unspecified atom stereocenters. The molecule has 1 amide bonds. The van der Waals surface area contributed by atoms with Crippen LogP contribution in [0.4, 0.5) is 5.69 Å². The van der Waals surface area contributed by atoms with Crippen LogP contribution in [-0.2, 0) is 6.54 Å². The Balaban J connectivity index is 1.33. The maximum Gasteiger partial charge on any atom is 0.255 e. The van der Waals surface area contributed by atoms with E-state index in [4.69, 9.17) is 16.3 Å². The van der Waals surface area contributed by atoms with E-state index in [9.17, 15) is 4.79 Å². The zero-order valence-electron chi connectivity index (χ0n) is 23.1. The molecule has 2 aromatic carbocycles. The van der Waals surface area contributed by atoms with Crippen LogP contribution in [0.25, 0.3) is 0 Å². The van der Waals surface area contributed by atoms with Crippen molar-refractivity contribution in [1.82, 2.24) is 0 Å². The van der Waals surface area contributed by atoms with Gasteiger partial charge in [-0.1, -0.05) is 113 Å². The number of unbranched alkanes of at least 4 members (excludes halogenated alkanes) is 11. The summed E-state index contributed by atoms with van der Waals surface area (Å²) in [6.07, 6.45) is 17.9. The van der Waals surface area contributed by atoms with Gasteiger partial charge in [0.05, 0.1) is 17.0 Å². The standard InChI is InChI=1S/C32H43ClN2O2S/c1-3-4-5-6-7-8-9-10-11-12-13-14-21-37-31-19-18-28(24-30(31)33)32(36)34-29-17-15-16-27(23-29)25-35-20-22-38-26(35)2/h15-20,22-24H,3-14,21,25H2,1-2H3/p+1. The van der Waals surface area contributed by atoms with Gasteiger partial charge in [0.25, 0.3) is 5.91 Å². The van der Waals surface area contributed by atoms with Gasteiger partial charge in [0.15, 0.2) is 12.7 Å². The number of thiazole rings is 1. The van der Waals surface area contributed by atoms with E-state index in [2.05, 4.69) is 41.4 Å². The maximum absolute atomic E-state index is 12.8. The number of nitrogens with zero attached hydrogens (tertiary/aromatic N) is 1. The molecule has 1 heterocycles. The second-order valence-corrected chi connectivity index (χ2v) is 11.6. The first-order valence-corrected chi connectivity index (χ1v) is 15.6. The number of benzene rings is 2. The minimum Gasteiger partial charge on any atom is -0.492 e. The van der Waals surface area contributed by atoms with Crippen LogP contribution < -0.4 is 14.6 Å². The molecular weight excluding hydrogens is 512 g/mol. The molecular formula is C32H44ClN2O2S+. The molecule has 1 aromatic heterocycles. The number of hydrogen-bond acceptors (Lipinski definition) is 3. The zero-order chi connectivity index (χ0) is 27.0. The van der Waals surface area contributed by atoms with Gasteiger partial charge < -0.3 is 10.1 Å². The van der Waals surface area contributed by atoms with Gasteiger partial charge in [-0.15, -0.1) is 0 Å². The number of ether oxygens (including phenoxy) is 1. The number of aromatic nitrogens is 1. The molecule has 0 saturated carbocycles. The highest BCUT2D eigenvalue weighted by molar-refractivity contribution is 7.09. The predicted molar refractivity (Wildman–Crippen MR) is 161 cm³/mol. The van der Waals surface area contributed by atoms with Gasteiger partial charge in [-0.2, -0.15) is 4.57 Å². The van der Waals surface area contributed by atoms with Gasteiger partial charge in [0, 0.05) is 23.7 Å². The minimum atomic E-state index is -0.184. The Hall–Kier alpha value is -2.37. The molecule has 0 atom stereocenters. The highest BCUT2D eigenvalue weighted by Crippen LogP contribution is 2.26. The minimum absolute atomic E-state index is 0.184. The molecule has 0 saturated heterocycles. The lowest BCUT2D eigenvalue weighted by Crippen LogP contribution is -2.34. The van der Waals surface area contributed by atoms with Gasteiger partial charge in [-0.25, -0.2) is 0 Å². The van der Waals surface area contributed by atoms with Crippen molar-refractivity contribution in [2.45, 2.75) is 97.4 Å². The Kier molecular flexibility index (Phi) is 13.7. The first-order chi connectivity index (χ1) is 18.6. The number of hydrogen-bond donors (Lipinski definition) is 1. The van der Waals surface area contributed by atoms with E-state index in [1.165, 1.54) is 75.6 Å². The van der Waals surface area contributed by atoms with Crippen LogP contribution in [-0.4, -0.2) is 12.5 Å². The summed E-state index contributed by atoms with van der Waals surface area (Å²) in [4.78, 5) is 12.8. The lowest BCUT2D eigenvalue weighted by atomic mass is 10.1. The molecule has 0 aliphatic rings. The average Bonchev–Trinajstić information content (AvgIpc) is 3.31. The maximum atomic E-state index is 12.8. The van der Waals surface area contributed by atoms with E-state index in [1.807, 2.05) is 18.2 Å². The van der Waals surface area contributed by atoms with Gasteiger partial charge in [0.1, 0.15) is 5.75 Å². The van der Waals surface area contributed by atoms with Crippen molar-refractivity contribution in [1.29, 1.82) is 0 Å². The highest BCUT2D eigenvalue weighted by Gasteiger charge is 2.12. The molecule has 0 bridgehead atoms. The Labute approximate surface area is 238 Å².